The Kier molecular flexibility index (Phi) is 12.9. The Hall–Kier alpha value is -3.14. The van der Waals surface area contributed by atoms with Crippen LogP contribution in [0.3, 0.4) is 0 Å². The van der Waals surface area contributed by atoms with Gasteiger partial charge in [-0.3, -0.25) is 14.8 Å². The van der Waals surface area contributed by atoms with Crippen molar-refractivity contribution in [3.8, 4) is 22.6 Å². The van der Waals surface area contributed by atoms with E-state index in [4.69, 9.17) is 9.97 Å². The van der Waals surface area contributed by atoms with Crippen molar-refractivity contribution in [1.82, 2.24) is 9.97 Å². The number of carbonyl (C=O) groups excluding carboxylic acids is 1. The first-order valence-electron chi connectivity index (χ1n) is 16.4. The molecule has 0 saturated carbocycles. The van der Waals surface area contributed by atoms with Crippen LogP contribution in [0.4, 0.5) is 0 Å². The predicted molar refractivity (Wildman–Crippen MR) is 184 cm³/mol. The summed E-state index contributed by atoms with van der Waals surface area (Å²) >= 11 is 0. The number of aliphatic hydroxyl groups excluding tert-OH is 1. The van der Waals surface area contributed by atoms with Crippen molar-refractivity contribution in [2.45, 2.75) is 99.3 Å². The predicted octanol–water partition coefficient (Wildman–Crippen LogP) is 10.3. The molecule has 0 unspecified atom stereocenters. The second kappa shape index (κ2) is 15.9. The molecule has 4 nitrogen and oxygen atoms in total. The maximum atomic E-state index is 11.7. The minimum Gasteiger partial charge on any atom is -0.512 e. The fourth-order valence-corrected chi connectivity index (χ4v) is 6.13. The fraction of sp³-hybridized carbons (Fsp3) is 0.425. The average Bonchev–Trinajstić information content (AvgIpc) is 3.01. The number of aliphatic hydroxyl groups is 1. The Morgan fingerprint density at radius 3 is 2.22 bits per heavy atom. The van der Waals surface area contributed by atoms with Gasteiger partial charge in [-0.2, -0.15) is 0 Å². The van der Waals surface area contributed by atoms with E-state index in [-0.39, 0.29) is 48.9 Å². The third-order valence-corrected chi connectivity index (χ3v) is 8.95. The first kappa shape index (κ1) is 36.3. The number of hydrogen-bond acceptors (Lipinski definition) is 4. The van der Waals surface area contributed by atoms with E-state index in [1.165, 1.54) is 39.3 Å². The molecule has 5 heteroatoms. The van der Waals surface area contributed by atoms with Gasteiger partial charge in [-0.25, -0.2) is 0 Å². The number of aryl methyl sites for hydroxylation is 3. The van der Waals surface area contributed by atoms with Crippen LogP contribution in [0, 0.1) is 24.8 Å². The number of allylic oxidation sites excluding steroid dienone is 2. The molecule has 0 spiro atoms. The van der Waals surface area contributed by atoms with E-state index in [0.717, 1.165) is 61.0 Å². The van der Waals surface area contributed by atoms with Crippen molar-refractivity contribution in [2.24, 2.45) is 11.8 Å². The standard InChI is InChI=1S/C27H25N2.C13H24O2.Ir/c1-17-9-12-23-19(13-17)10-11-20-16-28-26(29-25(20)23)21-14-18-7-5-6-8-22(18)24(15-21)27(2,3)4;1-5-10(6-2)12(14)9-13(15)11(7-3)8-4;/h5-9,12-13,15-16H,10-11H2,1-4H3;9-11,14H,5-8H2,1-4H3;/q-1;;/b;12-9-;. The summed E-state index contributed by atoms with van der Waals surface area (Å²) in [5.74, 6) is 1.31. The van der Waals surface area contributed by atoms with E-state index < -0.39 is 0 Å². The van der Waals surface area contributed by atoms with E-state index >= 15 is 0 Å². The van der Waals surface area contributed by atoms with Crippen molar-refractivity contribution in [1.29, 1.82) is 0 Å². The first-order valence-corrected chi connectivity index (χ1v) is 16.4. The van der Waals surface area contributed by atoms with Gasteiger partial charge >= 0.3 is 0 Å². The summed E-state index contributed by atoms with van der Waals surface area (Å²) in [7, 11) is 0. The van der Waals surface area contributed by atoms with Crippen LogP contribution in [0.2, 0.25) is 0 Å². The number of fused-ring (bicyclic) bond motifs is 4. The van der Waals surface area contributed by atoms with Crippen molar-refractivity contribution in [2.75, 3.05) is 0 Å². The van der Waals surface area contributed by atoms with Crippen LogP contribution in [-0.4, -0.2) is 20.9 Å². The molecule has 1 aliphatic carbocycles. The van der Waals surface area contributed by atoms with Crippen LogP contribution in [-0.2, 0) is 43.2 Å². The van der Waals surface area contributed by atoms with Crippen molar-refractivity contribution >= 4 is 16.6 Å². The molecule has 45 heavy (non-hydrogen) atoms. The van der Waals surface area contributed by atoms with E-state index in [1.807, 2.05) is 33.9 Å². The van der Waals surface area contributed by atoms with Crippen LogP contribution < -0.4 is 0 Å². The zero-order valence-corrected chi connectivity index (χ0v) is 30.6. The SMILES string of the molecule is CCC(CC)C(=O)/C=C(\O)C(CC)CC.Cc1ccc2c(c1)CCc1cnc(-c3[c-]c4ccccc4c(C(C)(C)C)c3)nc1-2.[Ir]. The van der Waals surface area contributed by atoms with Gasteiger partial charge in [0.15, 0.2) is 5.78 Å². The van der Waals surface area contributed by atoms with E-state index in [9.17, 15) is 9.90 Å². The average molecular weight is 782 g/mol. The normalized spacial score (nSPS) is 12.7. The molecule has 0 aliphatic heterocycles. The summed E-state index contributed by atoms with van der Waals surface area (Å²) in [6.07, 6.45) is 8.98. The topological polar surface area (TPSA) is 63.1 Å². The Morgan fingerprint density at radius 2 is 1.58 bits per heavy atom. The third-order valence-electron chi connectivity index (χ3n) is 8.95. The summed E-state index contributed by atoms with van der Waals surface area (Å²) in [5, 5.41) is 12.1. The molecule has 1 heterocycles. The zero-order valence-electron chi connectivity index (χ0n) is 28.3. The van der Waals surface area contributed by atoms with Crippen LogP contribution in [0.25, 0.3) is 33.4 Å². The van der Waals surface area contributed by atoms with E-state index in [2.05, 4.69) is 82.3 Å². The molecular weight excluding hydrogens is 733 g/mol. The smallest absolute Gasteiger partial charge is 0.162 e. The monoisotopic (exact) mass is 782 g/mol. The van der Waals surface area contributed by atoms with Crippen molar-refractivity contribution in [3.63, 3.8) is 0 Å². The second-order valence-corrected chi connectivity index (χ2v) is 13.1. The Labute approximate surface area is 284 Å². The van der Waals surface area contributed by atoms with Gasteiger partial charge in [0, 0.05) is 49.8 Å². The molecule has 1 N–H and O–H groups in total. The molecule has 0 fully saturated rings. The van der Waals surface area contributed by atoms with Crippen molar-refractivity contribution < 1.29 is 30.0 Å². The van der Waals surface area contributed by atoms with Gasteiger partial charge in [0.1, 0.15) is 0 Å². The van der Waals surface area contributed by atoms with Gasteiger partial charge in [-0.15, -0.1) is 29.1 Å². The summed E-state index contributed by atoms with van der Waals surface area (Å²) in [6.45, 7) is 17.0. The largest absolute Gasteiger partial charge is 0.512 e. The quantitative estimate of drug-likeness (QED) is 0.110. The summed E-state index contributed by atoms with van der Waals surface area (Å²) in [6, 6.07) is 21.0. The molecule has 5 rings (SSSR count). The van der Waals surface area contributed by atoms with Crippen LogP contribution in [0.15, 0.2) is 66.6 Å². The summed E-state index contributed by atoms with van der Waals surface area (Å²) in [4.78, 5) is 21.5. The summed E-state index contributed by atoms with van der Waals surface area (Å²) in [5.41, 5.74) is 8.56. The molecule has 1 aromatic heterocycles. The number of aromatic nitrogens is 2. The van der Waals surface area contributed by atoms with Gasteiger partial charge in [0.05, 0.1) is 17.3 Å². The maximum Gasteiger partial charge on any atom is 0.162 e. The summed E-state index contributed by atoms with van der Waals surface area (Å²) < 4.78 is 0. The Morgan fingerprint density at radius 1 is 0.933 bits per heavy atom. The van der Waals surface area contributed by atoms with Gasteiger partial charge in [-0.05, 0) is 62.0 Å². The third kappa shape index (κ3) is 8.57. The molecule has 3 aromatic carbocycles. The fourth-order valence-electron chi connectivity index (χ4n) is 6.13. The number of benzene rings is 3. The number of rotatable bonds is 8. The Balaban J connectivity index is 0.000000297. The molecule has 0 amide bonds. The molecule has 0 bridgehead atoms. The molecule has 1 aliphatic rings. The van der Waals surface area contributed by atoms with Crippen LogP contribution in [0.1, 0.15) is 96.4 Å². The van der Waals surface area contributed by atoms with Crippen LogP contribution >= 0.6 is 0 Å². The number of ketones is 1. The number of nitrogens with zero attached hydrogens (tertiary/aromatic N) is 2. The van der Waals surface area contributed by atoms with Gasteiger partial charge < -0.3 is 5.11 Å². The Bertz CT molecular complexity index is 1640. The number of carbonyl (C=O) groups is 1. The van der Waals surface area contributed by atoms with E-state index in [1.54, 1.807) is 0 Å². The van der Waals surface area contributed by atoms with Gasteiger partial charge in [0.25, 0.3) is 0 Å². The van der Waals surface area contributed by atoms with Crippen molar-refractivity contribution in [3.05, 3.63) is 94.9 Å². The second-order valence-electron chi connectivity index (χ2n) is 13.1. The molecule has 0 atom stereocenters. The minimum atomic E-state index is 0. The van der Waals surface area contributed by atoms with E-state index in [0.29, 0.717) is 0 Å². The molecule has 241 valence electrons. The molecular formula is C40H49IrN2O2-. The maximum absolute atomic E-state index is 11.7. The number of hydrogen-bond donors (Lipinski definition) is 1. The first-order chi connectivity index (χ1) is 21.0. The van der Waals surface area contributed by atoms with Gasteiger partial charge in [-0.1, -0.05) is 101 Å². The van der Waals surface area contributed by atoms with Crippen LogP contribution in [0.5, 0.6) is 0 Å². The van der Waals surface area contributed by atoms with Gasteiger partial charge in [0.2, 0.25) is 0 Å². The molecule has 4 aromatic rings. The molecule has 0 saturated heterocycles. The molecule has 1 radical (unpaired) electrons. The minimum absolute atomic E-state index is 0. The zero-order chi connectivity index (χ0) is 32.0.